The van der Waals surface area contributed by atoms with E-state index >= 15 is 0 Å². The fourth-order valence-electron chi connectivity index (χ4n) is 1.42. The lowest BCUT2D eigenvalue weighted by Gasteiger charge is -2.27. The Labute approximate surface area is 116 Å². The van der Waals surface area contributed by atoms with Crippen LogP contribution in [-0.4, -0.2) is 18.9 Å². The third kappa shape index (κ3) is 3.43. The summed E-state index contributed by atoms with van der Waals surface area (Å²) in [6.45, 7) is 5.75. The lowest BCUT2D eigenvalue weighted by atomic mass is 9.98. The van der Waals surface area contributed by atoms with Crippen molar-refractivity contribution in [3.05, 3.63) is 16.7 Å². The zero-order valence-electron chi connectivity index (χ0n) is 10.7. The Morgan fingerprint density at radius 1 is 1.44 bits per heavy atom. The second-order valence-corrected chi connectivity index (χ2v) is 6.98. The first-order valence-electron chi connectivity index (χ1n) is 5.69. The minimum absolute atomic E-state index is 0.000237. The molecule has 5 nitrogen and oxygen atoms in total. The van der Waals surface area contributed by atoms with E-state index in [-0.39, 0.29) is 10.7 Å². The van der Waals surface area contributed by atoms with Gasteiger partial charge in [0.05, 0.1) is 0 Å². The minimum atomic E-state index is -3.66. The zero-order chi connectivity index (χ0) is 14.0. The monoisotopic (exact) mass is 335 g/mol. The second kappa shape index (κ2) is 5.54. The molecule has 1 aromatic rings. The molecule has 0 fully saturated rings. The Hall–Kier alpha value is -0.660. The summed E-state index contributed by atoms with van der Waals surface area (Å²) in [7, 11) is -3.66. The van der Waals surface area contributed by atoms with Crippen molar-refractivity contribution in [2.75, 3.05) is 5.73 Å². The highest BCUT2D eigenvalue weighted by Crippen LogP contribution is 2.24. The molecule has 0 aromatic carbocycles. The zero-order valence-corrected chi connectivity index (χ0v) is 13.1. The van der Waals surface area contributed by atoms with E-state index in [2.05, 4.69) is 25.6 Å². The van der Waals surface area contributed by atoms with E-state index in [1.165, 1.54) is 12.3 Å². The van der Waals surface area contributed by atoms with Gasteiger partial charge in [-0.1, -0.05) is 13.8 Å². The maximum absolute atomic E-state index is 12.3. The summed E-state index contributed by atoms with van der Waals surface area (Å²) < 4.78 is 27.8. The van der Waals surface area contributed by atoms with Crippen molar-refractivity contribution in [1.82, 2.24) is 9.71 Å². The summed E-state index contributed by atoms with van der Waals surface area (Å²) >= 11 is 3.19. The largest absolute Gasteiger partial charge is 0.383 e. The van der Waals surface area contributed by atoms with E-state index in [1.807, 2.05) is 20.8 Å². The Kier molecular flexibility index (Phi) is 4.74. The average Bonchev–Trinajstić information content (AvgIpc) is 2.31. The van der Waals surface area contributed by atoms with Crippen LogP contribution in [0.5, 0.6) is 0 Å². The molecular formula is C11H18BrN3O2S. The Bertz CT molecular complexity index is 527. The van der Waals surface area contributed by atoms with E-state index < -0.39 is 15.6 Å². The van der Waals surface area contributed by atoms with Gasteiger partial charge in [-0.2, -0.15) is 0 Å². The molecule has 0 saturated carbocycles. The maximum atomic E-state index is 12.3. The normalized spacial score (nSPS) is 12.7. The van der Waals surface area contributed by atoms with Gasteiger partial charge < -0.3 is 5.73 Å². The number of sulfonamides is 1. The van der Waals surface area contributed by atoms with Crippen LogP contribution < -0.4 is 10.5 Å². The van der Waals surface area contributed by atoms with Crippen molar-refractivity contribution in [2.24, 2.45) is 0 Å². The molecule has 0 aliphatic heterocycles. The molecular weight excluding hydrogens is 318 g/mol. The van der Waals surface area contributed by atoms with Crippen LogP contribution in [0, 0.1) is 0 Å². The van der Waals surface area contributed by atoms with Gasteiger partial charge in [0.15, 0.2) is 0 Å². The molecule has 3 N–H and O–H groups in total. The summed E-state index contributed by atoms with van der Waals surface area (Å²) in [5.41, 5.74) is 5.15. The van der Waals surface area contributed by atoms with Gasteiger partial charge in [0.2, 0.25) is 10.0 Å². The predicted molar refractivity (Wildman–Crippen MR) is 75.7 cm³/mol. The first-order chi connectivity index (χ1) is 8.24. The van der Waals surface area contributed by atoms with Crippen LogP contribution in [0.15, 0.2) is 21.6 Å². The summed E-state index contributed by atoms with van der Waals surface area (Å²) in [5.74, 6) is 0.000237. The number of halogens is 1. The lowest BCUT2D eigenvalue weighted by molar-refractivity contribution is 0.389. The van der Waals surface area contributed by atoms with Crippen molar-refractivity contribution in [3.8, 4) is 0 Å². The second-order valence-electron chi connectivity index (χ2n) is 4.41. The summed E-state index contributed by atoms with van der Waals surface area (Å²) in [6, 6.07) is 1.45. The molecule has 0 aliphatic rings. The van der Waals surface area contributed by atoms with Crippen LogP contribution in [0.25, 0.3) is 0 Å². The highest BCUT2D eigenvalue weighted by atomic mass is 79.9. The summed E-state index contributed by atoms with van der Waals surface area (Å²) in [6.07, 6.45) is 2.86. The van der Waals surface area contributed by atoms with Crippen molar-refractivity contribution in [1.29, 1.82) is 0 Å². The van der Waals surface area contributed by atoms with Crippen LogP contribution in [0.4, 0.5) is 5.82 Å². The molecule has 0 bridgehead atoms. The van der Waals surface area contributed by atoms with Gasteiger partial charge >= 0.3 is 0 Å². The Morgan fingerprint density at radius 2 is 2.00 bits per heavy atom. The molecule has 0 aliphatic carbocycles. The van der Waals surface area contributed by atoms with Crippen LogP contribution in [0.1, 0.15) is 33.6 Å². The number of rotatable bonds is 5. The van der Waals surface area contributed by atoms with E-state index in [0.717, 1.165) is 0 Å². The fraction of sp³-hybridized carbons (Fsp3) is 0.545. The van der Waals surface area contributed by atoms with Gasteiger partial charge in [-0.25, -0.2) is 18.1 Å². The molecule has 1 heterocycles. The first-order valence-corrected chi connectivity index (χ1v) is 7.96. The van der Waals surface area contributed by atoms with Crippen LogP contribution in [0.3, 0.4) is 0 Å². The smallest absolute Gasteiger partial charge is 0.244 e. The van der Waals surface area contributed by atoms with Crippen molar-refractivity contribution < 1.29 is 8.42 Å². The number of nitrogen functional groups attached to an aromatic ring is 1. The van der Waals surface area contributed by atoms with E-state index in [4.69, 9.17) is 5.73 Å². The Balaban J connectivity index is 3.18. The third-order valence-electron chi connectivity index (χ3n) is 3.08. The minimum Gasteiger partial charge on any atom is -0.383 e. The van der Waals surface area contributed by atoms with Crippen molar-refractivity contribution in [3.63, 3.8) is 0 Å². The van der Waals surface area contributed by atoms with E-state index in [0.29, 0.717) is 17.3 Å². The highest BCUT2D eigenvalue weighted by Gasteiger charge is 2.29. The molecule has 0 radical (unpaired) electrons. The molecule has 0 atom stereocenters. The van der Waals surface area contributed by atoms with Crippen LogP contribution >= 0.6 is 15.9 Å². The number of pyridine rings is 1. The SMILES string of the molecule is CCC(C)(CC)NS(=O)(=O)c1cc(Br)cnc1N. The number of hydrogen-bond donors (Lipinski definition) is 2. The van der Waals surface area contributed by atoms with Gasteiger partial charge in [0, 0.05) is 16.2 Å². The predicted octanol–water partition coefficient (Wildman–Crippen LogP) is 2.28. The number of nitrogens with one attached hydrogen (secondary N) is 1. The van der Waals surface area contributed by atoms with E-state index in [9.17, 15) is 8.42 Å². The molecule has 102 valence electrons. The van der Waals surface area contributed by atoms with Gasteiger partial charge in [-0.15, -0.1) is 0 Å². The van der Waals surface area contributed by atoms with E-state index in [1.54, 1.807) is 0 Å². The topological polar surface area (TPSA) is 85.1 Å². The quantitative estimate of drug-likeness (QED) is 0.864. The van der Waals surface area contributed by atoms with Gasteiger partial charge in [0.1, 0.15) is 10.7 Å². The van der Waals surface area contributed by atoms with Crippen LogP contribution in [-0.2, 0) is 10.0 Å². The van der Waals surface area contributed by atoms with Crippen LogP contribution in [0.2, 0.25) is 0 Å². The molecule has 7 heteroatoms. The maximum Gasteiger partial charge on any atom is 0.244 e. The van der Waals surface area contributed by atoms with Gasteiger partial charge in [-0.3, -0.25) is 0 Å². The average molecular weight is 336 g/mol. The van der Waals surface area contributed by atoms with Gasteiger partial charge in [0.25, 0.3) is 0 Å². The standard InChI is InChI=1S/C11H18BrN3O2S/c1-4-11(3,5-2)15-18(16,17)9-6-8(12)7-14-10(9)13/h6-7,15H,4-5H2,1-3H3,(H2,13,14). The number of aromatic nitrogens is 1. The molecule has 18 heavy (non-hydrogen) atoms. The van der Waals surface area contributed by atoms with Crippen molar-refractivity contribution in [2.45, 2.75) is 44.0 Å². The lowest BCUT2D eigenvalue weighted by Crippen LogP contribution is -2.45. The third-order valence-corrected chi connectivity index (χ3v) is 5.18. The summed E-state index contributed by atoms with van der Waals surface area (Å²) in [5, 5.41) is 0. The molecule has 0 saturated heterocycles. The number of anilines is 1. The Morgan fingerprint density at radius 3 is 2.50 bits per heavy atom. The molecule has 0 spiro atoms. The molecule has 1 aromatic heterocycles. The summed E-state index contributed by atoms with van der Waals surface area (Å²) in [4.78, 5) is 3.84. The molecule has 0 amide bonds. The first kappa shape index (κ1) is 15.4. The number of nitrogens with two attached hydrogens (primary N) is 1. The number of nitrogens with zero attached hydrogens (tertiary/aromatic N) is 1. The molecule has 0 unspecified atom stereocenters. The molecule has 1 rings (SSSR count). The highest BCUT2D eigenvalue weighted by molar-refractivity contribution is 9.10. The van der Waals surface area contributed by atoms with Crippen molar-refractivity contribution >= 4 is 31.8 Å². The number of hydrogen-bond acceptors (Lipinski definition) is 4. The fourth-order valence-corrected chi connectivity index (χ4v) is 3.56. The van der Waals surface area contributed by atoms with Gasteiger partial charge in [-0.05, 0) is 41.8 Å².